The monoisotopic (exact) mass is 476 g/mol. The minimum atomic E-state index is -4.49. The summed E-state index contributed by atoms with van der Waals surface area (Å²) in [5.41, 5.74) is 0.870. The molecule has 3 heterocycles. The molecule has 0 saturated carbocycles. The molecule has 3 aromatic rings. The summed E-state index contributed by atoms with van der Waals surface area (Å²) in [7, 11) is 1.80. The van der Waals surface area contributed by atoms with Crippen LogP contribution in [0.3, 0.4) is 0 Å². The van der Waals surface area contributed by atoms with Crippen LogP contribution in [0.25, 0.3) is 0 Å². The van der Waals surface area contributed by atoms with E-state index in [-0.39, 0.29) is 5.12 Å². The Kier molecular flexibility index (Phi) is 6.34. The highest BCUT2D eigenvalue weighted by molar-refractivity contribution is 8.15. The van der Waals surface area contributed by atoms with Crippen molar-refractivity contribution in [2.45, 2.75) is 24.2 Å². The first-order valence-electron chi connectivity index (χ1n) is 9.75. The molecule has 5 nitrogen and oxygen atoms in total. The third kappa shape index (κ3) is 4.29. The van der Waals surface area contributed by atoms with Gasteiger partial charge >= 0.3 is 6.18 Å². The summed E-state index contributed by atoms with van der Waals surface area (Å²) >= 11 is 2.27. The molecule has 1 aliphatic rings. The van der Waals surface area contributed by atoms with Crippen molar-refractivity contribution < 1.29 is 18.0 Å². The van der Waals surface area contributed by atoms with Gasteiger partial charge in [-0.3, -0.25) is 14.1 Å². The first-order valence-corrected chi connectivity index (χ1v) is 11.5. The van der Waals surface area contributed by atoms with Crippen LogP contribution in [0.1, 0.15) is 34.7 Å². The van der Waals surface area contributed by atoms with E-state index in [1.54, 1.807) is 47.9 Å². The first-order chi connectivity index (χ1) is 15.3. The van der Waals surface area contributed by atoms with E-state index in [0.717, 1.165) is 24.2 Å². The molecule has 1 unspecified atom stereocenters. The molecule has 4 rings (SSSR count). The van der Waals surface area contributed by atoms with Crippen molar-refractivity contribution in [2.75, 3.05) is 22.0 Å². The van der Waals surface area contributed by atoms with E-state index in [0.29, 0.717) is 33.4 Å². The molecule has 0 bridgehead atoms. The number of thioether (sulfide) groups is 1. The molecule has 2 aromatic heterocycles. The van der Waals surface area contributed by atoms with Gasteiger partial charge in [-0.2, -0.15) is 13.2 Å². The highest BCUT2D eigenvalue weighted by Crippen LogP contribution is 2.49. The van der Waals surface area contributed by atoms with Crippen LogP contribution < -0.4 is 9.21 Å². The van der Waals surface area contributed by atoms with Crippen LogP contribution in [0.2, 0.25) is 0 Å². The average molecular weight is 477 g/mol. The van der Waals surface area contributed by atoms with Gasteiger partial charge in [-0.1, -0.05) is 37.3 Å². The second-order valence-corrected chi connectivity index (χ2v) is 9.19. The van der Waals surface area contributed by atoms with E-state index in [1.807, 2.05) is 24.0 Å². The molecule has 1 atom stereocenters. The van der Waals surface area contributed by atoms with Gasteiger partial charge in [0.15, 0.2) is 12.0 Å². The van der Waals surface area contributed by atoms with Crippen LogP contribution in [0.15, 0.2) is 65.8 Å². The lowest BCUT2D eigenvalue weighted by Crippen LogP contribution is -2.31. The maximum Gasteiger partial charge on any atom is 0.417 e. The molecular weight excluding hydrogens is 457 g/mol. The van der Waals surface area contributed by atoms with Crippen LogP contribution in [0.4, 0.5) is 24.7 Å². The van der Waals surface area contributed by atoms with Crippen molar-refractivity contribution in [3.63, 3.8) is 0 Å². The number of carbonyl (C=O) groups excluding carboxylic acids is 1. The van der Waals surface area contributed by atoms with E-state index in [4.69, 9.17) is 0 Å². The maximum atomic E-state index is 13.3. The van der Waals surface area contributed by atoms with Gasteiger partial charge in [0.1, 0.15) is 0 Å². The molecule has 0 radical (unpaired) electrons. The Balaban J connectivity index is 1.78. The quantitative estimate of drug-likeness (QED) is 0.328. The molecule has 1 aliphatic heterocycles. The Morgan fingerprint density at radius 2 is 1.88 bits per heavy atom. The largest absolute Gasteiger partial charge is 0.417 e. The smallest absolute Gasteiger partial charge is 0.332 e. The molecule has 10 heteroatoms. The summed E-state index contributed by atoms with van der Waals surface area (Å²) in [6, 6.07) is 13.6. The van der Waals surface area contributed by atoms with E-state index in [1.165, 1.54) is 11.8 Å². The number of halogens is 3. The fraction of sp³-hybridized carbons (Fsp3) is 0.227. The third-order valence-electron chi connectivity index (χ3n) is 4.87. The highest BCUT2D eigenvalue weighted by atomic mass is 32.2. The lowest BCUT2D eigenvalue weighted by molar-refractivity contribution is -0.138. The standard InChI is InChI=1S/C22H19F3N4OS2/c1-3-31-17-12-15(22(23,24)25)13-27-18(17)20-28(2)19-16(10-7-11-26-19)29(20)32-21(30)14-8-5-4-6-9-14/h4-13,20H,3H2,1-2H3. The van der Waals surface area contributed by atoms with Crippen molar-refractivity contribution in [1.82, 2.24) is 9.97 Å². The zero-order valence-corrected chi connectivity index (χ0v) is 18.8. The van der Waals surface area contributed by atoms with Gasteiger partial charge in [-0.05, 0) is 24.0 Å². The van der Waals surface area contributed by atoms with E-state index in [9.17, 15) is 18.0 Å². The number of hydrogen-bond acceptors (Lipinski definition) is 7. The van der Waals surface area contributed by atoms with Crippen molar-refractivity contribution >= 4 is 40.3 Å². The molecule has 32 heavy (non-hydrogen) atoms. The Morgan fingerprint density at radius 1 is 1.12 bits per heavy atom. The molecule has 0 N–H and O–H groups in total. The molecule has 1 aromatic carbocycles. The van der Waals surface area contributed by atoms with E-state index >= 15 is 0 Å². The number of benzene rings is 1. The minimum absolute atomic E-state index is 0.183. The third-order valence-corrected chi connectivity index (χ3v) is 6.79. The maximum absolute atomic E-state index is 13.3. The molecule has 0 saturated heterocycles. The van der Waals surface area contributed by atoms with Gasteiger partial charge in [0.05, 0.1) is 16.9 Å². The molecule has 0 aliphatic carbocycles. The number of anilines is 2. The Labute approximate surface area is 192 Å². The number of carbonyl (C=O) groups is 1. The van der Waals surface area contributed by atoms with Gasteiger partial charge in [-0.25, -0.2) is 4.98 Å². The van der Waals surface area contributed by atoms with Crippen molar-refractivity contribution in [2.24, 2.45) is 0 Å². The summed E-state index contributed by atoms with van der Waals surface area (Å²) < 4.78 is 41.7. The molecular formula is C22H19F3N4OS2. The van der Waals surface area contributed by atoms with Crippen molar-refractivity contribution in [3.05, 3.63) is 77.7 Å². The van der Waals surface area contributed by atoms with Gasteiger partial charge in [0.25, 0.3) is 0 Å². The van der Waals surface area contributed by atoms with Gasteiger partial charge in [0, 0.05) is 41.8 Å². The van der Waals surface area contributed by atoms with Gasteiger partial charge < -0.3 is 4.90 Å². The number of aromatic nitrogens is 2. The number of hydrogen-bond donors (Lipinski definition) is 0. The lowest BCUT2D eigenvalue weighted by atomic mass is 10.2. The van der Waals surface area contributed by atoms with Gasteiger partial charge in [0.2, 0.25) is 5.12 Å². The Hall–Kier alpha value is -2.72. The predicted octanol–water partition coefficient (Wildman–Crippen LogP) is 6.05. The van der Waals surface area contributed by atoms with Gasteiger partial charge in [-0.15, -0.1) is 11.8 Å². The SMILES string of the molecule is CCSc1cc(C(F)(F)F)cnc1C1N(C)c2ncccc2N1SC(=O)c1ccccc1. The second-order valence-electron chi connectivity index (χ2n) is 6.94. The molecule has 0 amide bonds. The summed E-state index contributed by atoms with van der Waals surface area (Å²) in [6.45, 7) is 1.87. The number of fused-ring (bicyclic) bond motifs is 1. The summed E-state index contributed by atoms with van der Waals surface area (Å²) in [5, 5.41) is -0.183. The lowest BCUT2D eigenvalue weighted by Gasteiger charge is -2.29. The summed E-state index contributed by atoms with van der Waals surface area (Å²) in [5.74, 6) is 1.20. The van der Waals surface area contributed by atoms with E-state index < -0.39 is 17.9 Å². The fourth-order valence-electron chi connectivity index (χ4n) is 3.42. The molecule has 166 valence electrons. The van der Waals surface area contributed by atoms with Crippen molar-refractivity contribution in [3.8, 4) is 0 Å². The fourth-order valence-corrected chi connectivity index (χ4v) is 5.25. The first kappa shape index (κ1) is 22.5. The highest BCUT2D eigenvalue weighted by Gasteiger charge is 2.41. The Morgan fingerprint density at radius 3 is 2.56 bits per heavy atom. The minimum Gasteiger partial charge on any atom is -0.332 e. The summed E-state index contributed by atoms with van der Waals surface area (Å²) in [6.07, 6.45) is -2.60. The number of nitrogens with zero attached hydrogens (tertiary/aromatic N) is 4. The van der Waals surface area contributed by atoms with E-state index in [2.05, 4.69) is 9.97 Å². The molecule has 0 spiro atoms. The topological polar surface area (TPSA) is 49.3 Å². The number of pyridine rings is 2. The Bertz CT molecular complexity index is 1130. The predicted molar refractivity (Wildman–Crippen MR) is 122 cm³/mol. The normalized spacial score (nSPS) is 15.7. The van der Waals surface area contributed by atoms with Crippen LogP contribution in [0, 0.1) is 0 Å². The zero-order chi connectivity index (χ0) is 22.9. The average Bonchev–Trinajstić information content (AvgIpc) is 3.05. The van der Waals surface area contributed by atoms with Crippen LogP contribution in [-0.4, -0.2) is 27.9 Å². The summed E-state index contributed by atoms with van der Waals surface area (Å²) in [4.78, 5) is 23.9. The number of alkyl halides is 3. The van der Waals surface area contributed by atoms with Crippen molar-refractivity contribution in [1.29, 1.82) is 0 Å². The number of rotatable bonds is 5. The van der Waals surface area contributed by atoms with Crippen LogP contribution in [-0.2, 0) is 6.18 Å². The second kappa shape index (κ2) is 9.03. The van der Waals surface area contributed by atoms with Crippen LogP contribution >= 0.6 is 23.7 Å². The molecule has 0 fully saturated rings. The van der Waals surface area contributed by atoms with Crippen LogP contribution in [0.5, 0.6) is 0 Å². The zero-order valence-electron chi connectivity index (χ0n) is 17.2.